The highest BCUT2D eigenvalue weighted by Gasteiger charge is 2.11. The summed E-state index contributed by atoms with van der Waals surface area (Å²) in [6.45, 7) is 0.252. The van der Waals surface area contributed by atoms with Gasteiger partial charge in [0.25, 0.3) is 0 Å². The highest BCUT2D eigenvalue weighted by Crippen LogP contribution is 2.15. The predicted octanol–water partition coefficient (Wildman–Crippen LogP) is 2.52. The number of aliphatic hydroxyl groups is 1. The third kappa shape index (κ3) is 3.41. The Balaban J connectivity index is 2.11. The lowest BCUT2D eigenvalue weighted by molar-refractivity contribution is 0.243. The van der Waals surface area contributed by atoms with Gasteiger partial charge in [0.2, 0.25) is 0 Å². The molecule has 0 saturated carbocycles. The largest absolute Gasteiger partial charge is 0.394 e. The van der Waals surface area contributed by atoms with Crippen LogP contribution in [-0.4, -0.2) is 11.7 Å². The molecule has 1 atom stereocenters. The van der Waals surface area contributed by atoms with Crippen molar-refractivity contribution in [3.63, 3.8) is 0 Å². The van der Waals surface area contributed by atoms with E-state index in [9.17, 15) is 9.50 Å². The summed E-state index contributed by atoms with van der Waals surface area (Å²) < 4.78 is 13.2. The molecule has 2 rings (SSSR count). The highest BCUT2D eigenvalue weighted by atomic mass is 19.1. The topological polar surface area (TPSA) is 56.0 Å². The minimum absolute atomic E-state index is 0.0682. The van der Waals surface area contributed by atoms with Crippen LogP contribution in [0.1, 0.15) is 22.7 Å². The number of rotatable bonds is 5. The van der Waals surface area contributed by atoms with Crippen LogP contribution in [-0.2, 0) is 6.54 Å². The van der Waals surface area contributed by atoms with E-state index in [2.05, 4.69) is 5.32 Å². The lowest BCUT2D eigenvalue weighted by Crippen LogP contribution is -2.24. The van der Waals surface area contributed by atoms with Crippen LogP contribution in [0.5, 0.6) is 0 Å². The fourth-order valence-corrected chi connectivity index (χ4v) is 2.02. The Kier molecular flexibility index (Phi) is 4.83. The molecule has 0 bridgehead atoms. The summed E-state index contributed by atoms with van der Waals surface area (Å²) in [5.41, 5.74) is 1.97. The summed E-state index contributed by atoms with van der Waals surface area (Å²) in [6, 6.07) is 15.4. The maximum Gasteiger partial charge on any atom is 0.123 e. The van der Waals surface area contributed by atoms with Gasteiger partial charge in [0.15, 0.2) is 0 Å². The van der Waals surface area contributed by atoms with Gasteiger partial charge in [-0.3, -0.25) is 0 Å². The van der Waals surface area contributed by atoms with E-state index in [1.165, 1.54) is 18.2 Å². The van der Waals surface area contributed by atoms with Crippen molar-refractivity contribution in [3.8, 4) is 6.07 Å². The lowest BCUT2D eigenvalue weighted by atomic mass is 10.1. The molecule has 102 valence electrons. The van der Waals surface area contributed by atoms with Gasteiger partial charge in [0.05, 0.1) is 24.3 Å². The van der Waals surface area contributed by atoms with Gasteiger partial charge in [-0.05, 0) is 29.3 Å². The molecule has 0 spiro atoms. The molecule has 3 nitrogen and oxygen atoms in total. The average Bonchev–Trinajstić information content (AvgIpc) is 2.49. The molecular weight excluding hydrogens is 255 g/mol. The van der Waals surface area contributed by atoms with Crippen molar-refractivity contribution in [2.75, 3.05) is 6.61 Å². The second-order valence-corrected chi connectivity index (χ2v) is 4.44. The van der Waals surface area contributed by atoms with E-state index in [0.29, 0.717) is 17.7 Å². The molecule has 0 heterocycles. The maximum absolute atomic E-state index is 13.2. The van der Waals surface area contributed by atoms with Crippen molar-refractivity contribution in [2.45, 2.75) is 12.6 Å². The molecule has 2 aromatic carbocycles. The average molecular weight is 270 g/mol. The van der Waals surface area contributed by atoms with Crippen molar-refractivity contribution >= 4 is 0 Å². The number of benzene rings is 2. The summed E-state index contributed by atoms with van der Waals surface area (Å²) in [7, 11) is 0. The van der Waals surface area contributed by atoms with E-state index < -0.39 is 0 Å². The minimum atomic E-state index is -0.374. The van der Waals surface area contributed by atoms with Crippen LogP contribution in [0.4, 0.5) is 4.39 Å². The predicted molar refractivity (Wildman–Crippen MR) is 74.2 cm³/mol. The van der Waals surface area contributed by atoms with E-state index in [1.54, 1.807) is 0 Å². The third-order valence-electron chi connectivity index (χ3n) is 3.11. The Labute approximate surface area is 117 Å². The van der Waals surface area contributed by atoms with Crippen LogP contribution >= 0.6 is 0 Å². The van der Waals surface area contributed by atoms with Crippen molar-refractivity contribution in [1.82, 2.24) is 5.32 Å². The number of hydrogen-bond donors (Lipinski definition) is 2. The van der Waals surface area contributed by atoms with Gasteiger partial charge in [-0.25, -0.2) is 4.39 Å². The zero-order chi connectivity index (χ0) is 14.4. The fraction of sp³-hybridized carbons (Fsp3) is 0.188. The molecule has 2 N–H and O–H groups in total. The molecular formula is C16H15FN2O. The fourth-order valence-electron chi connectivity index (χ4n) is 2.02. The van der Waals surface area contributed by atoms with Gasteiger partial charge < -0.3 is 10.4 Å². The van der Waals surface area contributed by atoms with Crippen LogP contribution in [0.25, 0.3) is 0 Å². The first kappa shape index (κ1) is 14.2. The molecule has 4 heteroatoms. The maximum atomic E-state index is 13.2. The van der Waals surface area contributed by atoms with Crippen LogP contribution in [0.2, 0.25) is 0 Å². The molecule has 0 aromatic heterocycles. The van der Waals surface area contributed by atoms with Crippen molar-refractivity contribution < 1.29 is 9.50 Å². The van der Waals surface area contributed by atoms with Gasteiger partial charge in [0.1, 0.15) is 5.82 Å². The van der Waals surface area contributed by atoms with Crippen LogP contribution in [0, 0.1) is 17.1 Å². The second-order valence-electron chi connectivity index (χ2n) is 4.44. The van der Waals surface area contributed by atoms with Crippen LogP contribution in [0.3, 0.4) is 0 Å². The molecule has 0 fully saturated rings. The number of hydrogen-bond acceptors (Lipinski definition) is 3. The molecule has 0 aliphatic rings. The Hall–Kier alpha value is -2.22. The van der Waals surface area contributed by atoms with Crippen molar-refractivity contribution in [2.24, 2.45) is 0 Å². The van der Waals surface area contributed by atoms with Gasteiger partial charge in [-0.2, -0.15) is 5.26 Å². The van der Waals surface area contributed by atoms with Gasteiger partial charge in [0, 0.05) is 6.54 Å². The van der Waals surface area contributed by atoms with E-state index in [4.69, 9.17) is 5.26 Å². The van der Waals surface area contributed by atoms with Crippen LogP contribution < -0.4 is 5.32 Å². The number of aliphatic hydroxyl groups excluding tert-OH is 1. The summed E-state index contributed by atoms with van der Waals surface area (Å²) in [5, 5.41) is 21.6. The van der Waals surface area contributed by atoms with E-state index in [0.717, 1.165) is 5.56 Å². The Morgan fingerprint density at radius 3 is 2.60 bits per heavy atom. The highest BCUT2D eigenvalue weighted by molar-refractivity contribution is 5.37. The summed E-state index contributed by atoms with van der Waals surface area (Å²) in [6.07, 6.45) is 0. The molecule has 2 aromatic rings. The monoisotopic (exact) mass is 270 g/mol. The van der Waals surface area contributed by atoms with Crippen LogP contribution in [0.15, 0.2) is 48.5 Å². The third-order valence-corrected chi connectivity index (χ3v) is 3.11. The molecule has 0 aliphatic heterocycles. The second kappa shape index (κ2) is 6.80. The zero-order valence-electron chi connectivity index (χ0n) is 10.9. The molecule has 0 saturated heterocycles. The SMILES string of the molecule is N#Cc1ccc(F)cc1CNC(CO)c1ccccc1. The van der Waals surface area contributed by atoms with Crippen molar-refractivity contribution in [3.05, 3.63) is 71.0 Å². The molecule has 0 aliphatic carbocycles. The smallest absolute Gasteiger partial charge is 0.123 e. The molecule has 20 heavy (non-hydrogen) atoms. The first-order valence-corrected chi connectivity index (χ1v) is 6.32. The van der Waals surface area contributed by atoms with Gasteiger partial charge >= 0.3 is 0 Å². The number of nitrogens with one attached hydrogen (secondary N) is 1. The summed E-state index contributed by atoms with van der Waals surface area (Å²) >= 11 is 0. The van der Waals surface area contributed by atoms with Gasteiger partial charge in [-0.15, -0.1) is 0 Å². The van der Waals surface area contributed by atoms with E-state index in [-0.39, 0.29) is 18.5 Å². The van der Waals surface area contributed by atoms with E-state index >= 15 is 0 Å². The summed E-state index contributed by atoms with van der Waals surface area (Å²) in [4.78, 5) is 0. The number of halogens is 1. The van der Waals surface area contributed by atoms with Gasteiger partial charge in [-0.1, -0.05) is 30.3 Å². The zero-order valence-corrected chi connectivity index (χ0v) is 10.9. The first-order chi connectivity index (χ1) is 9.74. The first-order valence-electron chi connectivity index (χ1n) is 6.32. The Bertz CT molecular complexity index is 608. The number of nitriles is 1. The standard InChI is InChI=1S/C16H15FN2O/c17-15-7-6-13(9-18)14(8-15)10-19-16(11-20)12-4-2-1-3-5-12/h1-8,16,19-20H,10-11H2. The van der Waals surface area contributed by atoms with Crippen molar-refractivity contribution in [1.29, 1.82) is 5.26 Å². The Morgan fingerprint density at radius 2 is 1.95 bits per heavy atom. The molecule has 0 amide bonds. The number of nitrogens with zero attached hydrogens (tertiary/aromatic N) is 1. The minimum Gasteiger partial charge on any atom is -0.394 e. The normalized spacial score (nSPS) is 11.8. The molecule has 1 unspecified atom stereocenters. The lowest BCUT2D eigenvalue weighted by Gasteiger charge is -2.17. The van der Waals surface area contributed by atoms with E-state index in [1.807, 2.05) is 36.4 Å². The summed E-state index contributed by atoms with van der Waals surface area (Å²) in [5.74, 6) is -0.374. The Morgan fingerprint density at radius 1 is 1.20 bits per heavy atom. The quantitative estimate of drug-likeness (QED) is 0.877. The molecule has 0 radical (unpaired) electrons.